The predicted molar refractivity (Wildman–Crippen MR) is 249 cm³/mol. The molecule has 0 aromatic heterocycles. The lowest BCUT2D eigenvalue weighted by molar-refractivity contribution is 0.305. The van der Waals surface area contributed by atoms with Crippen molar-refractivity contribution in [3.8, 4) is 22.6 Å². The number of anilines is 2. The SMILES string of the molecule is CC(C)(C)c1cc(COc2ccc(C3(c4ccc(OCc5cc(C(C)(C)C)cc(C(C)(C)C)c5)cc4)c4cc(N)ccc4-c4ccc(N)cc43)cc2)cc(C(C)(C)C)c1. The number of rotatable bonds is 8. The Hall–Kier alpha value is -5.48. The highest BCUT2D eigenvalue weighted by Crippen LogP contribution is 2.57. The molecule has 1 aliphatic rings. The van der Waals surface area contributed by atoms with Crippen LogP contribution in [-0.2, 0) is 40.3 Å². The highest BCUT2D eigenvalue weighted by molar-refractivity contribution is 5.88. The summed E-state index contributed by atoms with van der Waals surface area (Å²) in [5, 5.41) is 0. The Bertz CT molecular complexity index is 2240. The van der Waals surface area contributed by atoms with Crippen molar-refractivity contribution < 1.29 is 9.47 Å². The van der Waals surface area contributed by atoms with Crippen LogP contribution in [0.3, 0.4) is 0 Å². The van der Waals surface area contributed by atoms with Crippen LogP contribution in [0, 0.1) is 0 Å². The van der Waals surface area contributed by atoms with E-state index in [0.717, 1.165) is 44.9 Å². The second-order valence-corrected chi connectivity index (χ2v) is 20.8. The van der Waals surface area contributed by atoms with Crippen LogP contribution in [0.5, 0.6) is 11.5 Å². The molecule has 6 aromatic carbocycles. The van der Waals surface area contributed by atoms with Crippen LogP contribution in [0.1, 0.15) is 139 Å². The molecular formula is C55H64N2O2. The lowest BCUT2D eigenvalue weighted by Crippen LogP contribution is -2.28. The first-order chi connectivity index (χ1) is 27.5. The summed E-state index contributed by atoms with van der Waals surface area (Å²) in [6, 6.07) is 43.6. The summed E-state index contributed by atoms with van der Waals surface area (Å²) in [5.41, 5.74) is 28.5. The molecule has 6 aromatic rings. The van der Waals surface area contributed by atoms with Crippen LogP contribution >= 0.6 is 0 Å². The van der Waals surface area contributed by atoms with Gasteiger partial charge in [0.2, 0.25) is 0 Å². The summed E-state index contributed by atoms with van der Waals surface area (Å²) in [6.45, 7) is 28.2. The highest BCUT2D eigenvalue weighted by atomic mass is 16.5. The Kier molecular flexibility index (Phi) is 10.6. The summed E-state index contributed by atoms with van der Waals surface area (Å²) in [6.07, 6.45) is 0. The molecule has 4 nitrogen and oxygen atoms in total. The fourth-order valence-corrected chi connectivity index (χ4v) is 8.37. The molecule has 0 saturated carbocycles. The Balaban J connectivity index is 1.25. The molecule has 0 heterocycles. The fraction of sp³-hybridized carbons (Fsp3) is 0.345. The van der Waals surface area contributed by atoms with Crippen molar-refractivity contribution in [2.24, 2.45) is 0 Å². The maximum atomic E-state index is 6.60. The van der Waals surface area contributed by atoms with Gasteiger partial charge < -0.3 is 20.9 Å². The van der Waals surface area contributed by atoms with Crippen molar-refractivity contribution in [1.29, 1.82) is 0 Å². The molecule has 4 N–H and O–H groups in total. The number of hydrogen-bond acceptors (Lipinski definition) is 4. The minimum absolute atomic E-state index is 0.0329. The van der Waals surface area contributed by atoms with Crippen LogP contribution in [0.15, 0.2) is 121 Å². The number of ether oxygens (including phenoxy) is 2. The number of hydrogen-bond donors (Lipinski definition) is 2. The molecule has 0 atom stereocenters. The fourth-order valence-electron chi connectivity index (χ4n) is 8.37. The van der Waals surface area contributed by atoms with E-state index in [1.807, 2.05) is 12.1 Å². The third-order valence-electron chi connectivity index (χ3n) is 12.0. The van der Waals surface area contributed by atoms with E-state index in [0.29, 0.717) is 24.6 Å². The van der Waals surface area contributed by atoms with Gasteiger partial charge in [0, 0.05) is 11.4 Å². The van der Waals surface area contributed by atoms with Crippen molar-refractivity contribution in [1.82, 2.24) is 0 Å². The number of nitrogen functional groups attached to an aromatic ring is 2. The van der Waals surface area contributed by atoms with Crippen LogP contribution in [0.25, 0.3) is 11.1 Å². The first kappa shape index (κ1) is 41.7. The van der Waals surface area contributed by atoms with E-state index in [4.69, 9.17) is 20.9 Å². The second-order valence-electron chi connectivity index (χ2n) is 20.8. The molecule has 0 aliphatic heterocycles. The molecule has 0 radical (unpaired) electrons. The van der Waals surface area contributed by atoms with Crippen molar-refractivity contribution in [2.75, 3.05) is 11.5 Å². The van der Waals surface area contributed by atoms with E-state index in [2.05, 4.69) is 192 Å². The molecule has 0 saturated heterocycles. The maximum absolute atomic E-state index is 6.60. The Morgan fingerprint density at radius 2 is 0.695 bits per heavy atom. The lowest BCUT2D eigenvalue weighted by Gasteiger charge is -2.34. The van der Waals surface area contributed by atoms with Gasteiger partial charge in [-0.05, 0) is 137 Å². The summed E-state index contributed by atoms with van der Waals surface area (Å²) in [5.74, 6) is 1.63. The quantitative estimate of drug-likeness (QED) is 0.151. The van der Waals surface area contributed by atoms with Gasteiger partial charge in [-0.3, -0.25) is 0 Å². The molecule has 0 spiro atoms. The van der Waals surface area contributed by atoms with Crippen molar-refractivity contribution in [3.05, 3.63) is 177 Å². The van der Waals surface area contributed by atoms with E-state index in [-0.39, 0.29) is 21.7 Å². The monoisotopic (exact) mass is 784 g/mol. The zero-order chi connectivity index (χ0) is 42.7. The van der Waals surface area contributed by atoms with Crippen molar-refractivity contribution in [2.45, 2.75) is 123 Å². The van der Waals surface area contributed by atoms with E-state index in [9.17, 15) is 0 Å². The molecule has 0 unspecified atom stereocenters. The van der Waals surface area contributed by atoms with Gasteiger partial charge in [-0.1, -0.05) is 156 Å². The molecule has 0 fully saturated rings. The van der Waals surface area contributed by atoms with Crippen LogP contribution in [-0.4, -0.2) is 0 Å². The zero-order valence-electron chi connectivity index (χ0n) is 37.4. The van der Waals surface area contributed by atoms with Gasteiger partial charge in [-0.25, -0.2) is 0 Å². The molecule has 0 amide bonds. The lowest BCUT2D eigenvalue weighted by atomic mass is 9.67. The molecule has 7 rings (SSSR count). The number of benzene rings is 6. The summed E-state index contributed by atoms with van der Waals surface area (Å²) >= 11 is 0. The largest absolute Gasteiger partial charge is 0.489 e. The van der Waals surface area contributed by atoms with Crippen LogP contribution < -0.4 is 20.9 Å². The number of fused-ring (bicyclic) bond motifs is 3. The Morgan fingerprint density at radius 3 is 0.983 bits per heavy atom. The minimum Gasteiger partial charge on any atom is -0.489 e. The topological polar surface area (TPSA) is 70.5 Å². The van der Waals surface area contributed by atoms with Crippen molar-refractivity contribution >= 4 is 11.4 Å². The van der Waals surface area contributed by atoms with E-state index < -0.39 is 5.41 Å². The minimum atomic E-state index is -0.683. The van der Waals surface area contributed by atoms with Gasteiger partial charge in [0.25, 0.3) is 0 Å². The van der Waals surface area contributed by atoms with Gasteiger partial charge in [0.05, 0.1) is 5.41 Å². The molecule has 4 heteroatoms. The van der Waals surface area contributed by atoms with Crippen LogP contribution in [0.4, 0.5) is 11.4 Å². The predicted octanol–water partition coefficient (Wildman–Crippen LogP) is 13.6. The normalized spacial score (nSPS) is 13.8. The molecule has 59 heavy (non-hydrogen) atoms. The summed E-state index contributed by atoms with van der Waals surface area (Å²) in [4.78, 5) is 0. The molecule has 306 valence electrons. The average Bonchev–Trinajstić information content (AvgIpc) is 3.44. The summed E-state index contributed by atoms with van der Waals surface area (Å²) < 4.78 is 13.1. The molecular weight excluding hydrogens is 721 g/mol. The Labute approximate surface area is 354 Å². The smallest absolute Gasteiger partial charge is 0.119 e. The van der Waals surface area contributed by atoms with E-state index in [1.165, 1.54) is 33.4 Å². The first-order valence-electron chi connectivity index (χ1n) is 21.1. The van der Waals surface area contributed by atoms with Crippen molar-refractivity contribution in [3.63, 3.8) is 0 Å². The molecule has 0 bridgehead atoms. The van der Waals surface area contributed by atoms with Gasteiger partial charge in [-0.2, -0.15) is 0 Å². The summed E-state index contributed by atoms with van der Waals surface area (Å²) in [7, 11) is 0. The maximum Gasteiger partial charge on any atom is 0.119 e. The third-order valence-corrected chi connectivity index (χ3v) is 12.0. The zero-order valence-corrected chi connectivity index (χ0v) is 37.4. The van der Waals surface area contributed by atoms with Crippen LogP contribution in [0.2, 0.25) is 0 Å². The first-order valence-corrected chi connectivity index (χ1v) is 21.1. The third kappa shape index (κ3) is 8.37. The number of nitrogens with two attached hydrogens (primary N) is 2. The Morgan fingerprint density at radius 1 is 0.390 bits per heavy atom. The highest BCUT2D eigenvalue weighted by Gasteiger charge is 2.46. The van der Waals surface area contributed by atoms with Gasteiger partial charge >= 0.3 is 0 Å². The van der Waals surface area contributed by atoms with Gasteiger partial charge in [-0.15, -0.1) is 0 Å². The van der Waals surface area contributed by atoms with E-state index in [1.54, 1.807) is 0 Å². The van der Waals surface area contributed by atoms with Gasteiger partial charge in [0.15, 0.2) is 0 Å². The van der Waals surface area contributed by atoms with Gasteiger partial charge in [0.1, 0.15) is 24.7 Å². The average molecular weight is 785 g/mol. The van der Waals surface area contributed by atoms with E-state index >= 15 is 0 Å². The molecule has 1 aliphatic carbocycles. The standard InChI is InChI=1S/C55H64N2O2/c1-51(2,3)39-25-35(26-40(29-39)52(4,5)6)33-58-45-19-13-37(14-20-45)55(49-31-43(56)17-23-47(49)48-24-18-44(57)32-50(48)55)38-15-21-46(22-16-38)59-34-36-27-41(53(7,8)9)30-42(28-36)54(10,11)12/h13-32H,33-34,56-57H2,1-12H3. The second kappa shape index (κ2) is 15.0.